The average molecular weight is 475 g/mol. The Bertz CT molecular complexity index is 1280. The highest BCUT2D eigenvalue weighted by Gasteiger charge is 2.45. The first-order valence-electron chi connectivity index (χ1n) is 12.0. The minimum absolute atomic E-state index is 0.00447. The van der Waals surface area contributed by atoms with Crippen LogP contribution in [-0.4, -0.2) is 44.8 Å². The summed E-state index contributed by atoms with van der Waals surface area (Å²) in [5.74, 6) is -0.320. The van der Waals surface area contributed by atoms with E-state index in [1.165, 1.54) is 18.2 Å². The van der Waals surface area contributed by atoms with Crippen LogP contribution in [0.25, 0.3) is 11.4 Å². The van der Waals surface area contributed by atoms with E-state index in [-0.39, 0.29) is 41.5 Å². The number of nitrogens with zero attached hydrogens (tertiary/aromatic N) is 2. The molecule has 8 heteroatoms. The van der Waals surface area contributed by atoms with Crippen LogP contribution in [0.15, 0.2) is 65.5 Å². The topological polar surface area (TPSA) is 95.2 Å². The Kier molecular flexibility index (Phi) is 6.44. The van der Waals surface area contributed by atoms with Crippen LogP contribution in [0.4, 0.5) is 4.39 Å². The van der Waals surface area contributed by atoms with Gasteiger partial charge in [0.25, 0.3) is 11.5 Å². The Labute approximate surface area is 202 Å². The number of likely N-dealkylation sites (tertiary alicyclic amines) is 1. The number of aromatic amines is 1. The number of hydrogen-bond acceptors (Lipinski definition) is 4. The van der Waals surface area contributed by atoms with Gasteiger partial charge in [0.2, 0.25) is 5.91 Å². The van der Waals surface area contributed by atoms with E-state index in [9.17, 15) is 18.8 Å². The maximum absolute atomic E-state index is 13.9. The molecule has 0 radical (unpaired) electrons. The van der Waals surface area contributed by atoms with Crippen molar-refractivity contribution in [1.29, 1.82) is 0 Å². The number of fused-ring (bicyclic) bond motifs is 1. The first-order chi connectivity index (χ1) is 17.0. The number of H-pyrrole nitrogens is 1. The van der Waals surface area contributed by atoms with Gasteiger partial charge in [-0.1, -0.05) is 48.9 Å². The molecule has 2 saturated heterocycles. The second kappa shape index (κ2) is 9.82. The third kappa shape index (κ3) is 5.01. The van der Waals surface area contributed by atoms with Crippen LogP contribution in [0.3, 0.4) is 0 Å². The molecule has 0 saturated carbocycles. The highest BCUT2D eigenvalue weighted by atomic mass is 19.1. The number of halogens is 1. The lowest BCUT2D eigenvalue weighted by Gasteiger charge is -2.33. The highest BCUT2D eigenvalue weighted by molar-refractivity contribution is 5.93. The maximum Gasteiger partial charge on any atom is 0.273 e. The lowest BCUT2D eigenvalue weighted by molar-refractivity contribution is -0.122. The monoisotopic (exact) mass is 474 g/mol. The van der Waals surface area contributed by atoms with Crippen LogP contribution in [0, 0.1) is 5.82 Å². The standard InChI is InChI=1S/C27H27FN4O3/c28-19-12-10-17(11-13-19)14-20-15-21-23(8-4-5-9-24(33)29-21)32(20)27(35)22-16-25(34)31-26(30-22)18-6-2-1-3-7-18/h1-3,6-7,10-13,16,20-21,23H,4-5,8-9,14-15H2,(H,29,33)(H,30,31,34)/t20-,21+,23-/m0/s1. The summed E-state index contributed by atoms with van der Waals surface area (Å²) >= 11 is 0. The molecule has 1 aromatic heterocycles. The van der Waals surface area contributed by atoms with Crippen molar-refractivity contribution in [3.05, 3.63) is 88.1 Å². The first-order valence-corrected chi connectivity index (χ1v) is 12.0. The van der Waals surface area contributed by atoms with E-state index in [0.717, 1.165) is 24.8 Å². The van der Waals surface area contributed by atoms with Gasteiger partial charge in [-0.15, -0.1) is 0 Å². The van der Waals surface area contributed by atoms with E-state index in [1.54, 1.807) is 17.0 Å². The smallest absolute Gasteiger partial charge is 0.273 e. The molecule has 0 aliphatic carbocycles. The van der Waals surface area contributed by atoms with Crippen LogP contribution in [0.5, 0.6) is 0 Å². The second-order valence-electron chi connectivity index (χ2n) is 9.26. The van der Waals surface area contributed by atoms with Crippen molar-refractivity contribution in [3.8, 4) is 11.4 Å². The van der Waals surface area contributed by atoms with E-state index >= 15 is 0 Å². The molecule has 2 aliphatic rings. The Morgan fingerprint density at radius 3 is 2.60 bits per heavy atom. The summed E-state index contributed by atoms with van der Waals surface area (Å²) < 4.78 is 13.5. The maximum atomic E-state index is 13.9. The third-order valence-corrected chi connectivity index (χ3v) is 6.87. The summed E-state index contributed by atoms with van der Waals surface area (Å²) in [6, 6.07) is 16.1. The number of nitrogens with one attached hydrogen (secondary N) is 2. The molecule has 0 spiro atoms. The van der Waals surface area contributed by atoms with Gasteiger partial charge in [-0.2, -0.15) is 0 Å². The van der Waals surface area contributed by atoms with Crippen molar-refractivity contribution in [2.45, 2.75) is 56.7 Å². The lowest BCUT2D eigenvalue weighted by atomic mass is 9.97. The molecule has 180 valence electrons. The summed E-state index contributed by atoms with van der Waals surface area (Å²) in [5.41, 5.74) is 1.28. The average Bonchev–Trinajstić information content (AvgIpc) is 3.17. The van der Waals surface area contributed by atoms with Crippen LogP contribution in [-0.2, 0) is 11.2 Å². The molecule has 2 N–H and O–H groups in total. The van der Waals surface area contributed by atoms with Crippen molar-refractivity contribution in [3.63, 3.8) is 0 Å². The number of benzene rings is 2. The minimum atomic E-state index is -0.404. The zero-order valence-electron chi connectivity index (χ0n) is 19.2. The van der Waals surface area contributed by atoms with E-state index in [2.05, 4.69) is 15.3 Å². The van der Waals surface area contributed by atoms with E-state index in [0.29, 0.717) is 30.7 Å². The fourth-order valence-corrected chi connectivity index (χ4v) is 5.26. The van der Waals surface area contributed by atoms with Crippen molar-refractivity contribution in [2.24, 2.45) is 0 Å². The Hall–Kier alpha value is -3.81. The van der Waals surface area contributed by atoms with Crippen molar-refractivity contribution >= 4 is 11.8 Å². The fourth-order valence-electron chi connectivity index (χ4n) is 5.26. The molecule has 2 aliphatic heterocycles. The number of amides is 2. The van der Waals surface area contributed by atoms with Gasteiger partial charge in [-0.25, -0.2) is 9.37 Å². The van der Waals surface area contributed by atoms with Crippen LogP contribution < -0.4 is 10.9 Å². The van der Waals surface area contributed by atoms with Crippen LogP contribution >= 0.6 is 0 Å². The molecule has 2 aromatic carbocycles. The zero-order valence-corrected chi connectivity index (χ0v) is 19.2. The van der Waals surface area contributed by atoms with Gasteiger partial charge in [0.05, 0.1) is 12.1 Å². The molecule has 3 aromatic rings. The predicted molar refractivity (Wildman–Crippen MR) is 129 cm³/mol. The van der Waals surface area contributed by atoms with E-state index < -0.39 is 5.56 Å². The number of hydrogen-bond donors (Lipinski definition) is 2. The molecule has 3 heterocycles. The summed E-state index contributed by atoms with van der Waals surface area (Å²) in [5, 5.41) is 3.11. The largest absolute Gasteiger partial charge is 0.351 e. The SMILES string of the molecule is O=C1CCCC[C@H]2[C@@H](C[C@H](Cc3ccc(F)cc3)N2C(=O)c2cc(=O)[nH]c(-c3ccccc3)n2)N1. The van der Waals surface area contributed by atoms with Crippen LogP contribution in [0.2, 0.25) is 0 Å². The minimum Gasteiger partial charge on any atom is -0.351 e. The molecule has 0 unspecified atom stereocenters. The van der Waals surface area contributed by atoms with Gasteiger partial charge in [0.15, 0.2) is 0 Å². The summed E-state index contributed by atoms with van der Waals surface area (Å²) in [6.07, 6.45) is 3.94. The molecule has 0 bridgehead atoms. The van der Waals surface area contributed by atoms with Gasteiger partial charge >= 0.3 is 0 Å². The third-order valence-electron chi connectivity index (χ3n) is 6.87. The lowest BCUT2D eigenvalue weighted by Crippen LogP contribution is -2.49. The predicted octanol–water partition coefficient (Wildman–Crippen LogP) is 3.46. The van der Waals surface area contributed by atoms with Gasteiger partial charge in [0.1, 0.15) is 17.3 Å². The molecular weight excluding hydrogens is 447 g/mol. The number of carbonyl (C=O) groups excluding carboxylic acids is 2. The van der Waals surface area contributed by atoms with Crippen molar-refractivity contribution in [1.82, 2.24) is 20.2 Å². The van der Waals surface area contributed by atoms with Crippen molar-refractivity contribution < 1.29 is 14.0 Å². The molecule has 2 amide bonds. The van der Waals surface area contributed by atoms with Gasteiger partial charge in [-0.05, 0) is 43.4 Å². The molecule has 5 rings (SSSR count). The van der Waals surface area contributed by atoms with Gasteiger partial charge in [0, 0.05) is 24.1 Å². The number of carbonyl (C=O) groups is 2. The van der Waals surface area contributed by atoms with Crippen molar-refractivity contribution in [2.75, 3.05) is 0 Å². The number of rotatable bonds is 4. The molecule has 7 nitrogen and oxygen atoms in total. The van der Waals surface area contributed by atoms with Gasteiger partial charge in [-0.3, -0.25) is 14.4 Å². The summed E-state index contributed by atoms with van der Waals surface area (Å²) in [7, 11) is 0. The van der Waals surface area contributed by atoms with E-state index in [4.69, 9.17) is 0 Å². The summed E-state index contributed by atoms with van der Waals surface area (Å²) in [4.78, 5) is 47.8. The van der Waals surface area contributed by atoms with Crippen LogP contribution in [0.1, 0.15) is 48.2 Å². The normalized spacial score (nSPS) is 22.1. The second-order valence-corrected chi connectivity index (χ2v) is 9.26. The van der Waals surface area contributed by atoms with Gasteiger partial charge < -0.3 is 15.2 Å². The Balaban J connectivity index is 1.51. The molecular formula is C27H27FN4O3. The molecule has 35 heavy (non-hydrogen) atoms. The summed E-state index contributed by atoms with van der Waals surface area (Å²) in [6.45, 7) is 0. The molecule has 2 fully saturated rings. The first kappa shape index (κ1) is 23.0. The molecule has 3 atom stereocenters. The quantitative estimate of drug-likeness (QED) is 0.606. The fraction of sp³-hybridized carbons (Fsp3) is 0.333. The Morgan fingerprint density at radius 1 is 1.06 bits per heavy atom. The Morgan fingerprint density at radius 2 is 1.83 bits per heavy atom. The zero-order chi connectivity index (χ0) is 24.4. The highest BCUT2D eigenvalue weighted by Crippen LogP contribution is 2.33. The number of aromatic nitrogens is 2. The van der Waals surface area contributed by atoms with E-state index in [1.807, 2.05) is 30.3 Å².